The molecule has 0 aliphatic rings. The van der Waals surface area contributed by atoms with Gasteiger partial charge >= 0.3 is 0 Å². The molecule has 0 aliphatic carbocycles. The van der Waals surface area contributed by atoms with Crippen LogP contribution in [-0.2, 0) is 7.05 Å². The number of halogens is 1. The summed E-state index contributed by atoms with van der Waals surface area (Å²) in [6, 6.07) is 7.54. The molecule has 0 aliphatic heterocycles. The van der Waals surface area contributed by atoms with Gasteiger partial charge in [-0.05, 0) is 59.3 Å². The molecule has 112 valence electrons. The molecule has 0 atom stereocenters. The van der Waals surface area contributed by atoms with Crippen molar-refractivity contribution in [2.75, 3.05) is 5.32 Å². The number of aryl methyl sites for hydroxylation is 2. The predicted octanol–water partition coefficient (Wildman–Crippen LogP) is 3.16. The van der Waals surface area contributed by atoms with Crippen molar-refractivity contribution in [2.45, 2.75) is 6.92 Å². The SMILES string of the molecule is Cc1c(C(=O)Nc2ccc(I)cc2)sc2ncn(C)c(=O)c12. The molecule has 0 fully saturated rings. The van der Waals surface area contributed by atoms with Gasteiger partial charge in [0.1, 0.15) is 4.83 Å². The van der Waals surface area contributed by atoms with Gasteiger partial charge in [0.2, 0.25) is 0 Å². The number of hydrogen-bond donors (Lipinski definition) is 1. The fourth-order valence-corrected chi connectivity index (χ4v) is 3.54. The molecule has 5 nitrogen and oxygen atoms in total. The molecule has 22 heavy (non-hydrogen) atoms. The summed E-state index contributed by atoms with van der Waals surface area (Å²) in [5.74, 6) is -0.219. The summed E-state index contributed by atoms with van der Waals surface area (Å²) in [6.07, 6.45) is 1.47. The summed E-state index contributed by atoms with van der Waals surface area (Å²) in [4.78, 5) is 30.0. The second kappa shape index (κ2) is 5.81. The van der Waals surface area contributed by atoms with E-state index in [0.717, 1.165) is 9.26 Å². The van der Waals surface area contributed by atoms with Crippen molar-refractivity contribution in [3.63, 3.8) is 0 Å². The fourth-order valence-electron chi connectivity index (χ4n) is 2.15. The van der Waals surface area contributed by atoms with Gasteiger partial charge in [-0.3, -0.25) is 9.59 Å². The monoisotopic (exact) mass is 425 g/mol. The van der Waals surface area contributed by atoms with E-state index in [1.165, 1.54) is 22.2 Å². The summed E-state index contributed by atoms with van der Waals surface area (Å²) in [7, 11) is 1.65. The van der Waals surface area contributed by atoms with Crippen molar-refractivity contribution in [2.24, 2.45) is 7.05 Å². The molecule has 7 heteroatoms. The lowest BCUT2D eigenvalue weighted by Gasteiger charge is -2.04. The molecule has 0 saturated carbocycles. The Balaban J connectivity index is 2.01. The van der Waals surface area contributed by atoms with Crippen LogP contribution in [0.2, 0.25) is 0 Å². The molecule has 2 heterocycles. The number of hydrogen-bond acceptors (Lipinski definition) is 4. The highest BCUT2D eigenvalue weighted by molar-refractivity contribution is 14.1. The molecule has 0 unspecified atom stereocenters. The number of amides is 1. The number of nitrogens with zero attached hydrogens (tertiary/aromatic N) is 2. The van der Waals surface area contributed by atoms with Crippen molar-refractivity contribution in [3.05, 3.63) is 55.0 Å². The number of nitrogens with one attached hydrogen (secondary N) is 1. The fraction of sp³-hybridized carbons (Fsp3) is 0.133. The van der Waals surface area contributed by atoms with Gasteiger partial charge in [0, 0.05) is 16.3 Å². The topological polar surface area (TPSA) is 64.0 Å². The summed E-state index contributed by atoms with van der Waals surface area (Å²) in [5, 5.41) is 3.37. The Hall–Kier alpha value is -1.74. The predicted molar refractivity (Wildman–Crippen MR) is 96.7 cm³/mol. The number of rotatable bonds is 2. The zero-order chi connectivity index (χ0) is 15.9. The first-order chi connectivity index (χ1) is 10.5. The standard InChI is InChI=1S/C15H12IN3O2S/c1-8-11-14(17-7-19(2)15(11)21)22-12(8)13(20)18-10-5-3-9(16)4-6-10/h3-7H,1-2H3,(H,18,20). The van der Waals surface area contributed by atoms with Crippen molar-refractivity contribution in [1.29, 1.82) is 0 Å². The van der Waals surface area contributed by atoms with Crippen LogP contribution in [0.3, 0.4) is 0 Å². The minimum Gasteiger partial charge on any atom is -0.321 e. The van der Waals surface area contributed by atoms with Crippen molar-refractivity contribution in [3.8, 4) is 0 Å². The number of carbonyl (C=O) groups excluding carboxylic acids is 1. The molecular weight excluding hydrogens is 413 g/mol. The lowest BCUT2D eigenvalue weighted by Crippen LogP contribution is -2.17. The highest BCUT2D eigenvalue weighted by atomic mass is 127. The number of benzene rings is 1. The van der Waals surface area contributed by atoms with Gasteiger partial charge in [0.25, 0.3) is 11.5 Å². The lowest BCUT2D eigenvalue weighted by atomic mass is 10.2. The Morgan fingerprint density at radius 1 is 1.32 bits per heavy atom. The summed E-state index contributed by atoms with van der Waals surface area (Å²) in [5.41, 5.74) is 1.27. The Labute approximate surface area is 144 Å². The zero-order valence-corrected chi connectivity index (χ0v) is 14.9. The summed E-state index contributed by atoms with van der Waals surface area (Å²) < 4.78 is 2.52. The molecule has 2 aromatic heterocycles. The average molecular weight is 425 g/mol. The maximum Gasteiger partial charge on any atom is 0.266 e. The van der Waals surface area contributed by atoms with E-state index >= 15 is 0 Å². The number of fused-ring (bicyclic) bond motifs is 1. The minimum absolute atomic E-state index is 0.132. The minimum atomic E-state index is -0.219. The van der Waals surface area contributed by atoms with Gasteiger partial charge in [-0.15, -0.1) is 11.3 Å². The second-order valence-corrected chi connectivity index (χ2v) is 7.10. The number of carbonyl (C=O) groups is 1. The largest absolute Gasteiger partial charge is 0.321 e. The third kappa shape index (κ3) is 2.66. The van der Waals surface area contributed by atoms with Crippen molar-refractivity contribution >= 4 is 55.7 Å². The van der Waals surface area contributed by atoms with E-state index in [2.05, 4.69) is 32.9 Å². The Bertz CT molecular complexity index is 928. The maximum atomic E-state index is 12.4. The Morgan fingerprint density at radius 2 is 2.00 bits per heavy atom. The second-order valence-electron chi connectivity index (χ2n) is 4.86. The van der Waals surface area contributed by atoms with Crippen LogP contribution < -0.4 is 10.9 Å². The molecule has 0 bridgehead atoms. The van der Waals surface area contributed by atoms with E-state index in [4.69, 9.17) is 0 Å². The Kier molecular flexibility index (Phi) is 4.00. The molecule has 1 aromatic carbocycles. The van der Waals surface area contributed by atoms with Crippen LogP contribution in [0.5, 0.6) is 0 Å². The number of thiophene rings is 1. The summed E-state index contributed by atoms with van der Waals surface area (Å²) in [6.45, 7) is 1.78. The van der Waals surface area contributed by atoms with Gasteiger partial charge in [0.05, 0.1) is 16.6 Å². The van der Waals surface area contributed by atoms with Gasteiger partial charge in [-0.25, -0.2) is 4.98 Å². The first-order valence-electron chi connectivity index (χ1n) is 6.49. The molecule has 0 radical (unpaired) electrons. The smallest absolute Gasteiger partial charge is 0.266 e. The van der Waals surface area contributed by atoms with E-state index in [1.54, 1.807) is 14.0 Å². The van der Waals surface area contributed by atoms with Crippen molar-refractivity contribution in [1.82, 2.24) is 9.55 Å². The van der Waals surface area contributed by atoms with E-state index in [0.29, 0.717) is 20.7 Å². The first-order valence-corrected chi connectivity index (χ1v) is 8.38. The lowest BCUT2D eigenvalue weighted by molar-refractivity contribution is 0.103. The zero-order valence-electron chi connectivity index (χ0n) is 11.9. The van der Waals surface area contributed by atoms with Crippen LogP contribution in [0.15, 0.2) is 35.4 Å². The molecule has 1 N–H and O–H groups in total. The Morgan fingerprint density at radius 3 is 2.68 bits per heavy atom. The maximum absolute atomic E-state index is 12.4. The van der Waals surface area contributed by atoms with Gasteiger partial charge < -0.3 is 9.88 Å². The van der Waals surface area contributed by atoms with E-state index in [-0.39, 0.29) is 11.5 Å². The third-order valence-electron chi connectivity index (χ3n) is 3.32. The first kappa shape index (κ1) is 15.2. The van der Waals surface area contributed by atoms with Crippen LogP contribution in [-0.4, -0.2) is 15.5 Å². The van der Waals surface area contributed by atoms with Crippen LogP contribution in [0.25, 0.3) is 10.2 Å². The number of aromatic nitrogens is 2. The van der Waals surface area contributed by atoms with Crippen LogP contribution in [0.4, 0.5) is 5.69 Å². The normalized spacial score (nSPS) is 10.9. The van der Waals surface area contributed by atoms with Crippen LogP contribution in [0, 0.1) is 10.5 Å². The quantitative estimate of drug-likeness (QED) is 0.642. The molecule has 0 spiro atoms. The summed E-state index contributed by atoms with van der Waals surface area (Å²) >= 11 is 3.45. The molecule has 3 aromatic rings. The third-order valence-corrected chi connectivity index (χ3v) is 5.24. The highest BCUT2D eigenvalue weighted by Crippen LogP contribution is 2.27. The molecule has 0 saturated heterocycles. The average Bonchev–Trinajstić information content (AvgIpc) is 2.83. The highest BCUT2D eigenvalue weighted by Gasteiger charge is 2.19. The van der Waals surface area contributed by atoms with E-state index in [1.807, 2.05) is 24.3 Å². The molecular formula is C15H12IN3O2S. The van der Waals surface area contributed by atoms with Crippen LogP contribution in [0.1, 0.15) is 15.2 Å². The molecule has 1 amide bonds. The van der Waals surface area contributed by atoms with Gasteiger partial charge in [-0.1, -0.05) is 0 Å². The van der Waals surface area contributed by atoms with Crippen LogP contribution >= 0.6 is 33.9 Å². The van der Waals surface area contributed by atoms with E-state index in [9.17, 15) is 9.59 Å². The van der Waals surface area contributed by atoms with Crippen molar-refractivity contribution < 1.29 is 4.79 Å². The van der Waals surface area contributed by atoms with Gasteiger partial charge in [-0.2, -0.15) is 0 Å². The van der Waals surface area contributed by atoms with E-state index < -0.39 is 0 Å². The number of anilines is 1. The molecule has 3 rings (SSSR count). The van der Waals surface area contributed by atoms with Gasteiger partial charge in [0.15, 0.2) is 0 Å².